The number of aromatic nitrogens is 3. The summed E-state index contributed by atoms with van der Waals surface area (Å²) in [6.45, 7) is 5.30. The van der Waals surface area contributed by atoms with E-state index < -0.39 is 0 Å². The summed E-state index contributed by atoms with van der Waals surface area (Å²) in [5.41, 5.74) is 2.61. The van der Waals surface area contributed by atoms with Gasteiger partial charge in [0, 0.05) is 55.7 Å². The topological polar surface area (TPSA) is 78.1 Å². The van der Waals surface area contributed by atoms with Crippen LogP contribution in [-0.2, 0) is 13.1 Å². The van der Waals surface area contributed by atoms with E-state index in [0.717, 1.165) is 56.9 Å². The monoisotopic (exact) mass is 390 g/mol. The third-order valence-corrected chi connectivity index (χ3v) is 6.61. The molecule has 2 saturated heterocycles. The number of hydrogen-bond acceptors (Lipinski definition) is 6. The molecule has 3 aliphatic rings. The molecule has 2 fully saturated rings. The number of pyridine rings is 1. The molecule has 150 valence electrons. The molecule has 0 radical (unpaired) electrons. The van der Waals surface area contributed by atoms with Gasteiger partial charge in [-0.15, -0.1) is 0 Å². The van der Waals surface area contributed by atoms with Crippen LogP contribution in [0.1, 0.15) is 48.6 Å². The number of anilines is 1. The first-order valence-electron chi connectivity index (χ1n) is 10.6. The molecule has 2 bridgehead atoms. The first kappa shape index (κ1) is 18.3. The predicted molar refractivity (Wildman–Crippen MR) is 110 cm³/mol. The van der Waals surface area contributed by atoms with E-state index in [1.807, 2.05) is 10.6 Å². The second-order valence-corrected chi connectivity index (χ2v) is 8.58. The van der Waals surface area contributed by atoms with Gasteiger partial charge in [-0.2, -0.15) is 5.26 Å². The van der Waals surface area contributed by atoms with Crippen LogP contribution in [0.25, 0.3) is 0 Å². The molecule has 5 rings (SSSR count). The van der Waals surface area contributed by atoms with Crippen molar-refractivity contribution in [2.45, 2.75) is 44.7 Å². The van der Waals surface area contributed by atoms with Crippen molar-refractivity contribution in [1.82, 2.24) is 19.4 Å². The zero-order chi connectivity index (χ0) is 19.8. The third-order valence-electron chi connectivity index (χ3n) is 6.61. The highest BCUT2D eigenvalue weighted by Crippen LogP contribution is 2.37. The number of likely N-dealkylation sites (tertiary alicyclic amines) is 1. The van der Waals surface area contributed by atoms with Crippen LogP contribution < -0.4 is 10.5 Å². The van der Waals surface area contributed by atoms with E-state index >= 15 is 0 Å². The normalized spacial score (nSPS) is 24.0. The van der Waals surface area contributed by atoms with Crippen LogP contribution in [0, 0.1) is 17.2 Å². The lowest BCUT2D eigenvalue weighted by Crippen LogP contribution is -2.48. The summed E-state index contributed by atoms with van der Waals surface area (Å²) in [4.78, 5) is 26.4. The standard InChI is InChI=1S/C22H26N6O/c23-11-19-21(25-7-6-24-19)27-12-16-10-18(15-27)20-5-4-17(22(29)28(20)13-16)14-26-8-2-1-3-9-26/h4-7,16,18H,1-3,8-10,12-15H2/t16-,18+/m0/s1. The number of nitrogens with zero attached hydrogens (tertiary/aromatic N) is 6. The Hall–Kier alpha value is -2.72. The van der Waals surface area contributed by atoms with Crippen molar-refractivity contribution in [3.63, 3.8) is 0 Å². The highest BCUT2D eigenvalue weighted by molar-refractivity contribution is 5.50. The van der Waals surface area contributed by atoms with Gasteiger partial charge in [0.15, 0.2) is 11.5 Å². The average Bonchev–Trinajstić information content (AvgIpc) is 2.76. The van der Waals surface area contributed by atoms with E-state index in [0.29, 0.717) is 17.4 Å². The SMILES string of the molecule is N#Cc1nccnc1N1C[C@@H]2C[C@H](C1)c1ccc(CN3CCCCC3)c(=O)n1C2. The summed E-state index contributed by atoms with van der Waals surface area (Å²) in [6.07, 6.45) is 8.07. The molecule has 0 aliphatic carbocycles. The fraction of sp³-hybridized carbons (Fsp3) is 0.545. The number of fused-ring (bicyclic) bond motifs is 4. The van der Waals surface area contributed by atoms with Crippen molar-refractivity contribution < 1.29 is 0 Å². The van der Waals surface area contributed by atoms with E-state index in [9.17, 15) is 10.1 Å². The number of hydrogen-bond donors (Lipinski definition) is 0. The molecule has 0 aromatic carbocycles. The van der Waals surface area contributed by atoms with E-state index in [1.165, 1.54) is 19.3 Å². The minimum atomic E-state index is 0.188. The maximum atomic E-state index is 13.2. The highest BCUT2D eigenvalue weighted by atomic mass is 16.1. The lowest BCUT2D eigenvalue weighted by atomic mass is 9.83. The second kappa shape index (κ2) is 7.60. The zero-order valence-electron chi connectivity index (χ0n) is 16.6. The van der Waals surface area contributed by atoms with Crippen LogP contribution in [0.15, 0.2) is 29.3 Å². The molecule has 0 saturated carbocycles. The fourth-order valence-electron chi connectivity index (χ4n) is 5.28. The average molecular weight is 390 g/mol. The minimum Gasteiger partial charge on any atom is -0.353 e. The van der Waals surface area contributed by atoms with Crippen LogP contribution in [0.3, 0.4) is 0 Å². The van der Waals surface area contributed by atoms with Crippen LogP contribution in [0.4, 0.5) is 5.82 Å². The quantitative estimate of drug-likeness (QED) is 0.799. The Bertz CT molecular complexity index is 1000. The molecule has 7 heteroatoms. The van der Waals surface area contributed by atoms with Gasteiger partial charge in [0.25, 0.3) is 5.56 Å². The first-order chi connectivity index (χ1) is 14.2. The first-order valence-corrected chi connectivity index (χ1v) is 10.6. The molecule has 29 heavy (non-hydrogen) atoms. The van der Waals surface area contributed by atoms with E-state index in [4.69, 9.17) is 0 Å². The van der Waals surface area contributed by atoms with E-state index in [2.05, 4.69) is 31.9 Å². The summed E-state index contributed by atoms with van der Waals surface area (Å²) >= 11 is 0. The number of rotatable bonds is 3. The van der Waals surface area contributed by atoms with Crippen molar-refractivity contribution in [3.8, 4) is 6.07 Å². The van der Waals surface area contributed by atoms with Crippen LogP contribution >= 0.6 is 0 Å². The predicted octanol–water partition coefficient (Wildman–Crippen LogP) is 2.12. The molecule has 5 heterocycles. The Morgan fingerprint density at radius 2 is 1.90 bits per heavy atom. The lowest BCUT2D eigenvalue weighted by Gasteiger charge is -2.43. The van der Waals surface area contributed by atoms with Crippen molar-refractivity contribution >= 4 is 5.82 Å². The van der Waals surface area contributed by atoms with Crippen LogP contribution in [0.5, 0.6) is 0 Å². The summed E-state index contributed by atoms with van der Waals surface area (Å²) in [5.74, 6) is 1.34. The van der Waals surface area contributed by atoms with Gasteiger partial charge in [-0.05, 0) is 44.3 Å². The Balaban J connectivity index is 1.41. The summed E-state index contributed by atoms with van der Waals surface area (Å²) in [6, 6.07) is 6.36. The van der Waals surface area contributed by atoms with Crippen molar-refractivity contribution in [1.29, 1.82) is 5.26 Å². The number of nitriles is 1. The maximum absolute atomic E-state index is 13.2. The highest BCUT2D eigenvalue weighted by Gasteiger charge is 2.36. The summed E-state index contributed by atoms with van der Waals surface area (Å²) in [7, 11) is 0. The second-order valence-electron chi connectivity index (χ2n) is 8.58. The Morgan fingerprint density at radius 3 is 2.72 bits per heavy atom. The van der Waals surface area contributed by atoms with Gasteiger partial charge >= 0.3 is 0 Å². The van der Waals surface area contributed by atoms with Gasteiger partial charge in [0.2, 0.25) is 0 Å². The summed E-state index contributed by atoms with van der Waals surface area (Å²) < 4.78 is 2.03. The van der Waals surface area contributed by atoms with Crippen molar-refractivity contribution in [2.24, 2.45) is 5.92 Å². The van der Waals surface area contributed by atoms with Gasteiger partial charge in [-0.1, -0.05) is 12.5 Å². The Kier molecular flexibility index (Phi) is 4.80. The Labute approximate surface area is 170 Å². The van der Waals surface area contributed by atoms with E-state index in [-0.39, 0.29) is 11.5 Å². The van der Waals surface area contributed by atoms with Crippen LogP contribution in [-0.4, -0.2) is 45.6 Å². The van der Waals surface area contributed by atoms with Crippen LogP contribution in [0.2, 0.25) is 0 Å². The van der Waals surface area contributed by atoms with Crippen molar-refractivity contribution in [2.75, 3.05) is 31.1 Å². The van der Waals surface area contributed by atoms with Gasteiger partial charge in [0.1, 0.15) is 6.07 Å². The zero-order valence-corrected chi connectivity index (χ0v) is 16.6. The van der Waals surface area contributed by atoms with Crippen molar-refractivity contribution in [3.05, 3.63) is 51.8 Å². The minimum absolute atomic E-state index is 0.188. The lowest BCUT2D eigenvalue weighted by molar-refractivity contribution is 0.218. The molecular formula is C22H26N6O. The maximum Gasteiger partial charge on any atom is 0.255 e. The summed E-state index contributed by atoms with van der Waals surface area (Å²) in [5, 5.41) is 9.38. The van der Waals surface area contributed by atoms with Gasteiger partial charge in [0.05, 0.1) is 0 Å². The third kappa shape index (κ3) is 3.42. The van der Waals surface area contributed by atoms with Gasteiger partial charge in [-0.3, -0.25) is 9.69 Å². The van der Waals surface area contributed by atoms with Gasteiger partial charge < -0.3 is 9.47 Å². The molecular weight excluding hydrogens is 364 g/mol. The fourth-order valence-corrected chi connectivity index (χ4v) is 5.28. The Morgan fingerprint density at radius 1 is 1.07 bits per heavy atom. The molecule has 3 aliphatic heterocycles. The molecule has 7 nitrogen and oxygen atoms in total. The number of piperidine rings is 2. The van der Waals surface area contributed by atoms with Gasteiger partial charge in [-0.25, -0.2) is 9.97 Å². The molecule has 2 aromatic heterocycles. The molecule has 0 N–H and O–H groups in total. The van der Waals surface area contributed by atoms with E-state index in [1.54, 1.807) is 12.4 Å². The largest absolute Gasteiger partial charge is 0.353 e. The molecule has 2 atom stereocenters. The molecule has 0 spiro atoms. The molecule has 0 unspecified atom stereocenters. The molecule has 0 amide bonds. The smallest absolute Gasteiger partial charge is 0.255 e. The molecule has 2 aromatic rings.